The quantitative estimate of drug-likeness (QED) is 0.258. The molecule has 0 aromatic heterocycles. The molecule has 8 heteroatoms. The molecule has 1 amide bonds. The number of hydrogen-bond acceptors (Lipinski definition) is 6. The first-order chi connectivity index (χ1) is 14.9. The second-order valence-electron chi connectivity index (χ2n) is 8.17. The summed E-state index contributed by atoms with van der Waals surface area (Å²) in [6, 6.07) is 6.87. The molecule has 0 spiro atoms. The van der Waals surface area contributed by atoms with Crippen LogP contribution in [-0.2, 0) is 25.5 Å². The number of likely N-dealkylation sites (tertiary alicyclic amines) is 1. The minimum atomic E-state index is -1.07. The standard InChI is InChI=1S/C23H35N3O5/c1-2-31-23(30)20(14-13-17-9-4-3-5-10-17)26(16-8-12-19(26)22(28)29)21(27)18(25)11-6-7-15-24/h3-5,9-10,18-20H,2,6-8,11-16,24-25H2,1H3/p+1/t18-,19-,20-,26?/m0/s1. The lowest BCUT2D eigenvalue weighted by molar-refractivity contribution is -0.875. The van der Waals surface area contributed by atoms with Crippen molar-refractivity contribution in [2.24, 2.45) is 11.5 Å². The lowest BCUT2D eigenvalue weighted by Crippen LogP contribution is -2.70. The first-order valence-corrected chi connectivity index (χ1v) is 11.2. The van der Waals surface area contributed by atoms with Crippen molar-refractivity contribution in [2.75, 3.05) is 19.7 Å². The zero-order valence-electron chi connectivity index (χ0n) is 18.4. The van der Waals surface area contributed by atoms with Gasteiger partial charge in [0.25, 0.3) is 0 Å². The minimum absolute atomic E-state index is 0.162. The summed E-state index contributed by atoms with van der Waals surface area (Å²) >= 11 is 0. The summed E-state index contributed by atoms with van der Waals surface area (Å²) in [7, 11) is 0. The van der Waals surface area contributed by atoms with E-state index in [4.69, 9.17) is 16.2 Å². The van der Waals surface area contributed by atoms with Gasteiger partial charge >= 0.3 is 17.8 Å². The van der Waals surface area contributed by atoms with Crippen LogP contribution in [0.4, 0.5) is 0 Å². The fourth-order valence-electron chi connectivity index (χ4n) is 4.71. The van der Waals surface area contributed by atoms with E-state index in [-0.39, 0.29) is 19.1 Å². The van der Waals surface area contributed by atoms with Crippen LogP contribution in [0.25, 0.3) is 0 Å². The van der Waals surface area contributed by atoms with Crippen LogP contribution >= 0.6 is 0 Å². The minimum Gasteiger partial charge on any atom is -0.477 e. The SMILES string of the molecule is CCOC(=O)[C@H](CCc1ccccc1)[N+]1(C(=O)[C@@H](N)CCCCN)CCC[C@H]1C(=O)O. The molecule has 5 N–H and O–H groups in total. The zero-order chi connectivity index (χ0) is 22.9. The van der Waals surface area contributed by atoms with Gasteiger partial charge in [-0.2, -0.15) is 0 Å². The lowest BCUT2D eigenvalue weighted by Gasteiger charge is -2.42. The number of benzene rings is 1. The van der Waals surface area contributed by atoms with Gasteiger partial charge in [-0.1, -0.05) is 30.3 Å². The first-order valence-electron chi connectivity index (χ1n) is 11.2. The highest BCUT2D eigenvalue weighted by Gasteiger charge is 2.60. The average molecular weight is 435 g/mol. The van der Waals surface area contributed by atoms with Crippen LogP contribution in [0.15, 0.2) is 30.3 Å². The third-order valence-corrected chi connectivity index (χ3v) is 6.21. The molecular formula is C23H36N3O5+. The molecule has 1 heterocycles. The third-order valence-electron chi connectivity index (χ3n) is 6.21. The maximum Gasteiger partial charge on any atom is 0.365 e. The van der Waals surface area contributed by atoms with Crippen molar-refractivity contribution >= 4 is 17.8 Å². The van der Waals surface area contributed by atoms with Crippen LogP contribution in [0.1, 0.15) is 51.0 Å². The smallest absolute Gasteiger partial charge is 0.365 e. The van der Waals surface area contributed by atoms with Gasteiger partial charge in [-0.15, -0.1) is 0 Å². The number of rotatable bonds is 12. The van der Waals surface area contributed by atoms with Crippen molar-refractivity contribution in [1.82, 2.24) is 0 Å². The van der Waals surface area contributed by atoms with Crippen molar-refractivity contribution in [1.29, 1.82) is 0 Å². The molecule has 172 valence electrons. The van der Waals surface area contributed by atoms with E-state index in [0.29, 0.717) is 45.1 Å². The molecule has 0 radical (unpaired) electrons. The fraction of sp³-hybridized carbons (Fsp3) is 0.609. The molecule has 1 aromatic carbocycles. The second kappa shape index (κ2) is 11.9. The summed E-state index contributed by atoms with van der Waals surface area (Å²) in [4.78, 5) is 38.9. The number of carbonyl (C=O) groups is 3. The fourth-order valence-corrected chi connectivity index (χ4v) is 4.71. The largest absolute Gasteiger partial charge is 0.477 e. The topological polar surface area (TPSA) is 133 Å². The van der Waals surface area contributed by atoms with Crippen LogP contribution in [0.5, 0.6) is 0 Å². The predicted octanol–water partition coefficient (Wildman–Crippen LogP) is 1.60. The number of unbranched alkanes of at least 4 members (excludes halogenated alkanes) is 1. The Kier molecular flexibility index (Phi) is 9.61. The molecule has 1 aliphatic rings. The van der Waals surface area contributed by atoms with E-state index in [0.717, 1.165) is 12.0 Å². The highest BCUT2D eigenvalue weighted by atomic mass is 16.5. The van der Waals surface area contributed by atoms with Crippen molar-refractivity contribution in [3.05, 3.63) is 35.9 Å². The number of aliphatic carboxylic acids is 1. The van der Waals surface area contributed by atoms with Crippen LogP contribution in [0, 0.1) is 0 Å². The first kappa shape index (κ1) is 25.0. The van der Waals surface area contributed by atoms with Gasteiger partial charge in [0.1, 0.15) is 6.04 Å². The van der Waals surface area contributed by atoms with Gasteiger partial charge in [0.15, 0.2) is 12.1 Å². The van der Waals surface area contributed by atoms with Crippen molar-refractivity contribution in [3.63, 3.8) is 0 Å². The Morgan fingerprint density at radius 2 is 1.90 bits per heavy atom. The summed E-state index contributed by atoms with van der Waals surface area (Å²) in [6.07, 6.45) is 3.54. The molecule has 4 atom stereocenters. The summed E-state index contributed by atoms with van der Waals surface area (Å²) in [5.74, 6) is -1.99. The van der Waals surface area contributed by atoms with Crippen LogP contribution in [-0.4, -0.2) is 65.3 Å². The van der Waals surface area contributed by atoms with Gasteiger partial charge in [-0.05, 0) is 44.7 Å². The molecule has 0 aliphatic carbocycles. The lowest BCUT2D eigenvalue weighted by atomic mass is 9.97. The summed E-state index contributed by atoms with van der Waals surface area (Å²) < 4.78 is 4.88. The van der Waals surface area contributed by atoms with E-state index < -0.39 is 34.5 Å². The Morgan fingerprint density at radius 1 is 1.19 bits per heavy atom. The predicted molar refractivity (Wildman–Crippen MR) is 117 cm³/mol. The van der Waals surface area contributed by atoms with Crippen molar-refractivity contribution < 1.29 is 28.7 Å². The number of nitrogens with two attached hydrogens (primary N) is 2. The van der Waals surface area contributed by atoms with E-state index >= 15 is 0 Å². The van der Waals surface area contributed by atoms with Crippen LogP contribution < -0.4 is 11.5 Å². The molecule has 1 fully saturated rings. The molecule has 8 nitrogen and oxygen atoms in total. The number of carboxylic acid groups (broad SMARTS) is 1. The molecule has 1 aromatic rings. The van der Waals surface area contributed by atoms with Gasteiger partial charge in [0, 0.05) is 19.3 Å². The molecule has 0 saturated carbocycles. The second-order valence-corrected chi connectivity index (χ2v) is 8.17. The van der Waals surface area contributed by atoms with Gasteiger partial charge in [-0.3, -0.25) is 0 Å². The Labute approximate surface area is 184 Å². The molecule has 1 saturated heterocycles. The molecule has 0 bridgehead atoms. The number of nitrogens with zero attached hydrogens (tertiary/aromatic N) is 1. The molecule has 1 aliphatic heterocycles. The highest BCUT2D eigenvalue weighted by molar-refractivity contribution is 5.85. The normalized spacial score (nSPS) is 22.6. The zero-order valence-corrected chi connectivity index (χ0v) is 18.4. The number of carbonyl (C=O) groups excluding carboxylic acids is 2. The molecule has 31 heavy (non-hydrogen) atoms. The molecular weight excluding hydrogens is 398 g/mol. The molecule has 1 unspecified atom stereocenters. The monoisotopic (exact) mass is 434 g/mol. The van der Waals surface area contributed by atoms with E-state index in [9.17, 15) is 19.5 Å². The molecule has 2 rings (SSSR count). The number of hydrogen-bond donors (Lipinski definition) is 3. The summed E-state index contributed by atoms with van der Waals surface area (Å²) in [6.45, 7) is 2.64. The number of quaternary nitrogens is 1. The van der Waals surface area contributed by atoms with Crippen molar-refractivity contribution in [2.45, 2.75) is 70.0 Å². The number of aryl methyl sites for hydroxylation is 1. The Hall–Kier alpha value is -2.29. The average Bonchev–Trinajstić information content (AvgIpc) is 3.20. The van der Waals surface area contributed by atoms with Gasteiger partial charge in [-0.25, -0.2) is 18.9 Å². The number of amides is 1. The number of ether oxygens (including phenoxy) is 1. The maximum atomic E-state index is 13.7. The van der Waals surface area contributed by atoms with Gasteiger partial charge in [0.05, 0.1) is 13.2 Å². The van der Waals surface area contributed by atoms with Crippen LogP contribution in [0.3, 0.4) is 0 Å². The van der Waals surface area contributed by atoms with Gasteiger partial charge in [0.2, 0.25) is 0 Å². The van der Waals surface area contributed by atoms with E-state index in [1.165, 1.54) is 0 Å². The summed E-state index contributed by atoms with van der Waals surface area (Å²) in [5, 5.41) is 9.96. The Balaban J connectivity index is 2.41. The third kappa shape index (κ3) is 5.90. The number of carboxylic acids is 1. The van der Waals surface area contributed by atoms with E-state index in [1.807, 2.05) is 30.3 Å². The van der Waals surface area contributed by atoms with Crippen LogP contribution in [0.2, 0.25) is 0 Å². The van der Waals surface area contributed by atoms with E-state index in [2.05, 4.69) is 0 Å². The highest BCUT2D eigenvalue weighted by Crippen LogP contribution is 2.35. The maximum absolute atomic E-state index is 13.7. The summed E-state index contributed by atoms with van der Waals surface area (Å²) in [5.41, 5.74) is 12.8. The Morgan fingerprint density at radius 3 is 2.52 bits per heavy atom. The Bertz CT molecular complexity index is 742. The van der Waals surface area contributed by atoms with E-state index in [1.54, 1.807) is 6.92 Å². The number of esters is 1. The van der Waals surface area contributed by atoms with Crippen molar-refractivity contribution in [3.8, 4) is 0 Å². The van der Waals surface area contributed by atoms with Gasteiger partial charge < -0.3 is 21.3 Å².